The van der Waals surface area contributed by atoms with Gasteiger partial charge in [0.1, 0.15) is 11.1 Å². The fraction of sp³-hybridized carbons (Fsp3) is 0.385. The summed E-state index contributed by atoms with van der Waals surface area (Å²) in [5, 5.41) is 13.2. The van der Waals surface area contributed by atoms with Crippen LogP contribution in [0, 0.1) is 0 Å². The van der Waals surface area contributed by atoms with Crippen molar-refractivity contribution < 1.29 is 9.90 Å². The Bertz CT molecular complexity index is 605. The molecule has 0 radical (unpaired) electrons. The van der Waals surface area contributed by atoms with E-state index in [1.165, 1.54) is 0 Å². The van der Waals surface area contributed by atoms with Crippen LogP contribution in [0.25, 0.3) is 11.0 Å². The number of H-pyrrole nitrogens is 1. The maximum absolute atomic E-state index is 12.2. The number of aromatic nitrogens is 2. The topological polar surface area (TPSA) is 78.0 Å². The fourth-order valence-corrected chi connectivity index (χ4v) is 3.41. The standard InChI is InChI=1S/C13H15N3O2S/c17-12(13(18)4-6-19-7-5-13)16-10-3-1-2-9-11(10)15-8-14-9/h1-3,8,18H,4-7H2,(H,14,15)(H,16,17). The van der Waals surface area contributed by atoms with Crippen LogP contribution in [0.1, 0.15) is 12.8 Å². The number of carbonyl (C=O) groups is 1. The van der Waals surface area contributed by atoms with E-state index in [0.717, 1.165) is 17.0 Å². The van der Waals surface area contributed by atoms with Crippen LogP contribution in [0.2, 0.25) is 0 Å². The zero-order chi connectivity index (χ0) is 13.3. The zero-order valence-electron chi connectivity index (χ0n) is 10.3. The summed E-state index contributed by atoms with van der Waals surface area (Å²) in [6, 6.07) is 5.53. The second kappa shape index (κ2) is 4.86. The van der Waals surface area contributed by atoms with E-state index in [4.69, 9.17) is 0 Å². The second-order valence-electron chi connectivity index (χ2n) is 4.70. The van der Waals surface area contributed by atoms with E-state index < -0.39 is 5.60 Å². The summed E-state index contributed by atoms with van der Waals surface area (Å²) in [6.45, 7) is 0. The van der Waals surface area contributed by atoms with Crippen molar-refractivity contribution in [3.05, 3.63) is 24.5 Å². The summed E-state index contributed by atoms with van der Waals surface area (Å²) < 4.78 is 0. The first-order valence-electron chi connectivity index (χ1n) is 6.23. The largest absolute Gasteiger partial charge is 0.380 e. The van der Waals surface area contributed by atoms with Crippen LogP contribution >= 0.6 is 11.8 Å². The third-order valence-corrected chi connectivity index (χ3v) is 4.43. The Balaban J connectivity index is 1.84. The Morgan fingerprint density at radius 2 is 2.21 bits per heavy atom. The summed E-state index contributed by atoms with van der Waals surface area (Å²) in [6.07, 6.45) is 2.59. The SMILES string of the molecule is O=C(Nc1cccc2[nH]cnc12)C1(O)CCSCC1. The Morgan fingerprint density at radius 3 is 3.00 bits per heavy atom. The van der Waals surface area contributed by atoms with E-state index in [-0.39, 0.29) is 5.91 Å². The van der Waals surface area contributed by atoms with E-state index in [2.05, 4.69) is 15.3 Å². The number of anilines is 1. The molecule has 5 nitrogen and oxygen atoms in total. The minimum atomic E-state index is -1.25. The molecule has 19 heavy (non-hydrogen) atoms. The monoisotopic (exact) mass is 277 g/mol. The van der Waals surface area contributed by atoms with Crippen molar-refractivity contribution in [1.29, 1.82) is 0 Å². The molecule has 1 aliphatic rings. The molecule has 1 fully saturated rings. The van der Waals surface area contributed by atoms with Gasteiger partial charge in [0, 0.05) is 0 Å². The second-order valence-corrected chi connectivity index (χ2v) is 5.93. The van der Waals surface area contributed by atoms with Crippen LogP contribution in [0.3, 0.4) is 0 Å². The lowest BCUT2D eigenvalue weighted by atomic mass is 9.95. The van der Waals surface area contributed by atoms with Crippen molar-refractivity contribution >= 4 is 34.4 Å². The van der Waals surface area contributed by atoms with E-state index in [1.807, 2.05) is 12.1 Å². The molecule has 2 aromatic rings. The fourth-order valence-electron chi connectivity index (χ4n) is 2.24. The molecule has 1 saturated heterocycles. The quantitative estimate of drug-likeness (QED) is 0.781. The highest BCUT2D eigenvalue weighted by Crippen LogP contribution is 2.29. The molecule has 1 amide bonds. The number of amides is 1. The number of hydrogen-bond acceptors (Lipinski definition) is 4. The zero-order valence-corrected chi connectivity index (χ0v) is 11.2. The van der Waals surface area contributed by atoms with Crippen LogP contribution in [0.5, 0.6) is 0 Å². The average molecular weight is 277 g/mol. The van der Waals surface area contributed by atoms with Crippen molar-refractivity contribution in [3.63, 3.8) is 0 Å². The Hall–Kier alpha value is -1.53. The molecule has 0 spiro atoms. The molecule has 1 aromatic heterocycles. The molecule has 0 bridgehead atoms. The molecular weight excluding hydrogens is 262 g/mol. The number of thioether (sulfide) groups is 1. The van der Waals surface area contributed by atoms with Gasteiger partial charge in [-0.25, -0.2) is 4.98 Å². The number of para-hydroxylation sites is 1. The number of nitrogens with zero attached hydrogens (tertiary/aromatic N) is 1. The molecule has 3 rings (SSSR count). The number of imidazole rings is 1. The summed E-state index contributed by atoms with van der Waals surface area (Å²) in [5.41, 5.74) is 0.966. The lowest BCUT2D eigenvalue weighted by Gasteiger charge is -2.30. The molecule has 0 aliphatic carbocycles. The van der Waals surface area contributed by atoms with Gasteiger partial charge >= 0.3 is 0 Å². The van der Waals surface area contributed by atoms with Gasteiger partial charge < -0.3 is 15.4 Å². The summed E-state index contributed by atoms with van der Waals surface area (Å²) in [7, 11) is 0. The number of aliphatic hydroxyl groups is 1. The minimum Gasteiger partial charge on any atom is -0.380 e. The molecule has 0 unspecified atom stereocenters. The van der Waals surface area contributed by atoms with E-state index in [1.54, 1.807) is 24.2 Å². The lowest BCUT2D eigenvalue weighted by Crippen LogP contribution is -2.45. The first-order chi connectivity index (χ1) is 9.19. The van der Waals surface area contributed by atoms with Gasteiger partial charge in [0.2, 0.25) is 0 Å². The van der Waals surface area contributed by atoms with Gasteiger partial charge in [-0.3, -0.25) is 4.79 Å². The number of hydrogen-bond donors (Lipinski definition) is 3. The average Bonchev–Trinajstić information content (AvgIpc) is 2.89. The summed E-state index contributed by atoms with van der Waals surface area (Å²) in [5.74, 6) is 1.30. The van der Waals surface area contributed by atoms with Crippen molar-refractivity contribution in [2.75, 3.05) is 16.8 Å². The molecule has 1 aromatic carbocycles. The third-order valence-electron chi connectivity index (χ3n) is 3.44. The highest BCUT2D eigenvalue weighted by molar-refractivity contribution is 7.99. The highest BCUT2D eigenvalue weighted by Gasteiger charge is 2.37. The number of nitrogens with one attached hydrogen (secondary N) is 2. The Labute approximate surface area is 114 Å². The lowest BCUT2D eigenvalue weighted by molar-refractivity contribution is -0.134. The third kappa shape index (κ3) is 2.33. The normalized spacial score (nSPS) is 18.4. The molecule has 100 valence electrons. The van der Waals surface area contributed by atoms with Gasteiger partial charge in [0.05, 0.1) is 17.5 Å². The van der Waals surface area contributed by atoms with Crippen molar-refractivity contribution in [1.82, 2.24) is 9.97 Å². The maximum Gasteiger partial charge on any atom is 0.256 e. The molecule has 2 heterocycles. The predicted octanol–water partition coefficient (Wildman–Crippen LogP) is 1.76. The van der Waals surface area contributed by atoms with Crippen LogP contribution in [0.15, 0.2) is 24.5 Å². The van der Waals surface area contributed by atoms with Gasteiger partial charge in [-0.05, 0) is 36.5 Å². The van der Waals surface area contributed by atoms with E-state index >= 15 is 0 Å². The molecule has 3 N–H and O–H groups in total. The Morgan fingerprint density at radius 1 is 1.42 bits per heavy atom. The van der Waals surface area contributed by atoms with E-state index in [0.29, 0.717) is 24.0 Å². The molecule has 6 heteroatoms. The molecular formula is C13H15N3O2S. The summed E-state index contributed by atoms with van der Waals surface area (Å²) >= 11 is 1.77. The van der Waals surface area contributed by atoms with Crippen LogP contribution in [-0.2, 0) is 4.79 Å². The van der Waals surface area contributed by atoms with Gasteiger partial charge in [-0.2, -0.15) is 11.8 Å². The smallest absolute Gasteiger partial charge is 0.256 e. The molecule has 0 atom stereocenters. The predicted molar refractivity (Wildman–Crippen MR) is 76.2 cm³/mol. The van der Waals surface area contributed by atoms with Crippen LogP contribution in [0.4, 0.5) is 5.69 Å². The van der Waals surface area contributed by atoms with Crippen LogP contribution in [-0.4, -0.2) is 38.1 Å². The number of rotatable bonds is 2. The van der Waals surface area contributed by atoms with Gasteiger partial charge in [-0.1, -0.05) is 6.07 Å². The summed E-state index contributed by atoms with van der Waals surface area (Å²) in [4.78, 5) is 19.4. The Kier molecular flexibility index (Phi) is 3.20. The van der Waals surface area contributed by atoms with Gasteiger partial charge in [0.25, 0.3) is 5.91 Å². The van der Waals surface area contributed by atoms with Gasteiger partial charge in [-0.15, -0.1) is 0 Å². The van der Waals surface area contributed by atoms with Gasteiger partial charge in [0.15, 0.2) is 0 Å². The minimum absolute atomic E-state index is 0.330. The number of aromatic amines is 1. The van der Waals surface area contributed by atoms with E-state index in [9.17, 15) is 9.90 Å². The number of benzene rings is 1. The first-order valence-corrected chi connectivity index (χ1v) is 7.38. The van der Waals surface area contributed by atoms with Crippen LogP contribution < -0.4 is 5.32 Å². The highest BCUT2D eigenvalue weighted by atomic mass is 32.2. The van der Waals surface area contributed by atoms with Crippen molar-refractivity contribution in [3.8, 4) is 0 Å². The van der Waals surface area contributed by atoms with Crippen molar-refractivity contribution in [2.24, 2.45) is 0 Å². The first kappa shape index (κ1) is 12.5. The van der Waals surface area contributed by atoms with Crippen molar-refractivity contribution in [2.45, 2.75) is 18.4 Å². The number of fused-ring (bicyclic) bond motifs is 1. The molecule has 0 saturated carbocycles. The number of carbonyl (C=O) groups excluding carboxylic acids is 1. The maximum atomic E-state index is 12.2. The molecule has 1 aliphatic heterocycles.